The number of aryl methyl sites for hydroxylation is 1. The Hall–Kier alpha value is -1.12. The highest BCUT2D eigenvalue weighted by Crippen LogP contribution is 2.02. The normalized spacial score (nSPS) is 9.80. The van der Waals surface area contributed by atoms with Gasteiger partial charge in [0.15, 0.2) is 0 Å². The maximum atomic E-state index is 10.1. The van der Waals surface area contributed by atoms with Gasteiger partial charge in [-0.1, -0.05) is 0 Å². The van der Waals surface area contributed by atoms with Crippen molar-refractivity contribution in [2.45, 2.75) is 20.4 Å². The van der Waals surface area contributed by atoms with Crippen molar-refractivity contribution in [2.24, 2.45) is 0 Å². The second kappa shape index (κ2) is 2.64. The molecular formula is C7H10N2O. The second-order valence-electron chi connectivity index (χ2n) is 2.26. The standard InChI is InChI=1S/C7H10N2O/c1-6-5-8-9(3-4-10)7(6)2/h4-5H,3H2,1-2H3. The van der Waals surface area contributed by atoms with E-state index in [2.05, 4.69) is 5.10 Å². The highest BCUT2D eigenvalue weighted by atomic mass is 16.1. The zero-order valence-corrected chi connectivity index (χ0v) is 6.16. The number of hydrogen-bond donors (Lipinski definition) is 0. The van der Waals surface area contributed by atoms with E-state index in [9.17, 15) is 4.79 Å². The summed E-state index contributed by atoms with van der Waals surface area (Å²) in [6, 6.07) is 0. The molecule has 0 aliphatic heterocycles. The van der Waals surface area contributed by atoms with Crippen LogP contribution in [0, 0.1) is 13.8 Å². The summed E-state index contributed by atoms with van der Waals surface area (Å²) in [5.41, 5.74) is 2.19. The minimum atomic E-state index is 0.361. The lowest BCUT2D eigenvalue weighted by molar-refractivity contribution is -0.108. The van der Waals surface area contributed by atoms with Crippen molar-refractivity contribution in [3.8, 4) is 0 Å². The fourth-order valence-electron chi connectivity index (χ4n) is 0.795. The zero-order chi connectivity index (χ0) is 7.56. The molecule has 0 saturated heterocycles. The molecule has 0 aromatic carbocycles. The average Bonchev–Trinajstić information content (AvgIpc) is 2.20. The Morgan fingerprint density at radius 2 is 2.40 bits per heavy atom. The summed E-state index contributed by atoms with van der Waals surface area (Å²) < 4.78 is 1.68. The van der Waals surface area contributed by atoms with E-state index in [0.717, 1.165) is 17.5 Å². The number of hydrogen-bond acceptors (Lipinski definition) is 2. The van der Waals surface area contributed by atoms with Crippen LogP contribution in [-0.4, -0.2) is 16.1 Å². The molecule has 1 heterocycles. The Morgan fingerprint density at radius 3 is 2.80 bits per heavy atom. The van der Waals surface area contributed by atoms with Crippen molar-refractivity contribution in [3.05, 3.63) is 17.5 Å². The Labute approximate surface area is 59.7 Å². The van der Waals surface area contributed by atoms with Crippen LogP contribution in [-0.2, 0) is 11.3 Å². The number of nitrogens with zero attached hydrogens (tertiary/aromatic N) is 2. The molecule has 0 N–H and O–H groups in total. The Morgan fingerprint density at radius 1 is 1.70 bits per heavy atom. The number of aldehydes is 1. The van der Waals surface area contributed by atoms with E-state index in [1.165, 1.54) is 0 Å². The Kier molecular flexibility index (Phi) is 1.85. The van der Waals surface area contributed by atoms with Gasteiger partial charge in [0.05, 0.1) is 12.7 Å². The van der Waals surface area contributed by atoms with E-state index in [1.807, 2.05) is 13.8 Å². The summed E-state index contributed by atoms with van der Waals surface area (Å²) in [5, 5.41) is 3.99. The zero-order valence-electron chi connectivity index (χ0n) is 6.16. The van der Waals surface area contributed by atoms with Crippen molar-refractivity contribution < 1.29 is 4.79 Å². The van der Waals surface area contributed by atoms with E-state index in [-0.39, 0.29) is 0 Å². The van der Waals surface area contributed by atoms with Gasteiger partial charge < -0.3 is 4.79 Å². The van der Waals surface area contributed by atoms with Gasteiger partial charge in [-0.3, -0.25) is 4.68 Å². The van der Waals surface area contributed by atoms with Gasteiger partial charge in [0.25, 0.3) is 0 Å². The molecule has 3 nitrogen and oxygen atoms in total. The Balaban J connectivity index is 2.93. The minimum absolute atomic E-state index is 0.361. The van der Waals surface area contributed by atoms with Crippen LogP contribution in [0.4, 0.5) is 0 Å². The van der Waals surface area contributed by atoms with Gasteiger partial charge in [0.2, 0.25) is 0 Å². The first-order valence-corrected chi connectivity index (χ1v) is 3.18. The highest BCUT2D eigenvalue weighted by molar-refractivity contribution is 5.49. The SMILES string of the molecule is Cc1cnn(CC=O)c1C. The van der Waals surface area contributed by atoms with Gasteiger partial charge in [-0.15, -0.1) is 0 Å². The van der Waals surface area contributed by atoms with Gasteiger partial charge in [-0.25, -0.2) is 0 Å². The lowest BCUT2D eigenvalue weighted by atomic mass is 10.3. The summed E-state index contributed by atoms with van der Waals surface area (Å²) in [5.74, 6) is 0. The summed E-state index contributed by atoms with van der Waals surface area (Å²) in [4.78, 5) is 10.1. The van der Waals surface area contributed by atoms with Crippen LogP contribution >= 0.6 is 0 Å². The smallest absolute Gasteiger partial charge is 0.141 e. The molecule has 10 heavy (non-hydrogen) atoms. The molecule has 0 aliphatic carbocycles. The van der Waals surface area contributed by atoms with Gasteiger partial charge in [-0.05, 0) is 19.4 Å². The van der Waals surface area contributed by atoms with Gasteiger partial charge >= 0.3 is 0 Å². The van der Waals surface area contributed by atoms with Crippen LogP contribution in [0.1, 0.15) is 11.3 Å². The van der Waals surface area contributed by atoms with Crippen molar-refractivity contribution in [3.63, 3.8) is 0 Å². The quantitative estimate of drug-likeness (QED) is 0.564. The third-order valence-electron chi connectivity index (χ3n) is 1.60. The van der Waals surface area contributed by atoms with E-state index in [0.29, 0.717) is 6.54 Å². The van der Waals surface area contributed by atoms with Crippen molar-refractivity contribution in [1.82, 2.24) is 9.78 Å². The molecule has 1 aromatic rings. The number of rotatable bonds is 2. The fourth-order valence-corrected chi connectivity index (χ4v) is 0.795. The first-order chi connectivity index (χ1) is 4.75. The van der Waals surface area contributed by atoms with E-state index < -0.39 is 0 Å². The summed E-state index contributed by atoms with van der Waals surface area (Å²) in [6.45, 7) is 4.29. The van der Waals surface area contributed by atoms with Gasteiger partial charge in [0, 0.05) is 5.69 Å². The van der Waals surface area contributed by atoms with E-state index in [4.69, 9.17) is 0 Å². The van der Waals surface area contributed by atoms with Crippen molar-refractivity contribution in [2.75, 3.05) is 0 Å². The van der Waals surface area contributed by atoms with Crippen LogP contribution in [0.5, 0.6) is 0 Å². The fraction of sp³-hybridized carbons (Fsp3) is 0.429. The molecule has 0 spiro atoms. The van der Waals surface area contributed by atoms with E-state index in [1.54, 1.807) is 10.9 Å². The third kappa shape index (κ3) is 1.07. The average molecular weight is 138 g/mol. The molecule has 1 rings (SSSR count). The highest BCUT2D eigenvalue weighted by Gasteiger charge is 1.98. The second-order valence-corrected chi connectivity index (χ2v) is 2.26. The number of carbonyl (C=O) groups is 1. The molecule has 0 atom stereocenters. The predicted molar refractivity (Wildman–Crippen MR) is 37.8 cm³/mol. The molecule has 0 amide bonds. The van der Waals surface area contributed by atoms with Crippen molar-refractivity contribution in [1.29, 1.82) is 0 Å². The predicted octanol–water partition coefficient (Wildman–Crippen LogP) is 0.699. The maximum Gasteiger partial charge on any atom is 0.141 e. The summed E-state index contributed by atoms with van der Waals surface area (Å²) in [7, 11) is 0. The maximum absolute atomic E-state index is 10.1. The summed E-state index contributed by atoms with van der Waals surface area (Å²) >= 11 is 0. The minimum Gasteiger partial charge on any atom is -0.301 e. The molecule has 54 valence electrons. The molecule has 0 aliphatic rings. The lowest BCUT2D eigenvalue weighted by Gasteiger charge is -1.96. The molecule has 0 saturated carbocycles. The molecule has 1 aromatic heterocycles. The molecule has 0 fully saturated rings. The Bertz CT molecular complexity index is 240. The molecule has 3 heteroatoms. The number of aromatic nitrogens is 2. The largest absolute Gasteiger partial charge is 0.301 e. The molecule has 0 bridgehead atoms. The number of carbonyl (C=O) groups excluding carboxylic acids is 1. The van der Waals surface area contributed by atoms with Crippen LogP contribution < -0.4 is 0 Å². The van der Waals surface area contributed by atoms with E-state index >= 15 is 0 Å². The van der Waals surface area contributed by atoms with Gasteiger partial charge in [0.1, 0.15) is 6.29 Å². The summed E-state index contributed by atoms with van der Waals surface area (Å²) in [6.07, 6.45) is 2.61. The third-order valence-corrected chi connectivity index (χ3v) is 1.60. The first-order valence-electron chi connectivity index (χ1n) is 3.18. The van der Waals surface area contributed by atoms with Crippen LogP contribution in [0.25, 0.3) is 0 Å². The topological polar surface area (TPSA) is 34.9 Å². The van der Waals surface area contributed by atoms with Crippen LogP contribution in [0.15, 0.2) is 6.20 Å². The molecule has 0 radical (unpaired) electrons. The van der Waals surface area contributed by atoms with Crippen molar-refractivity contribution >= 4 is 6.29 Å². The molecule has 0 unspecified atom stereocenters. The van der Waals surface area contributed by atoms with Crippen LogP contribution in [0.2, 0.25) is 0 Å². The monoisotopic (exact) mass is 138 g/mol. The molecular weight excluding hydrogens is 128 g/mol. The first kappa shape index (κ1) is 6.99. The van der Waals surface area contributed by atoms with Gasteiger partial charge in [-0.2, -0.15) is 5.10 Å². The van der Waals surface area contributed by atoms with Crippen LogP contribution in [0.3, 0.4) is 0 Å². The lowest BCUT2D eigenvalue weighted by Crippen LogP contribution is -2.02.